The number of ether oxygens (including phenoxy) is 5. The van der Waals surface area contributed by atoms with E-state index in [1.54, 1.807) is 7.11 Å². The lowest BCUT2D eigenvalue weighted by Gasteiger charge is -2.40. The van der Waals surface area contributed by atoms with Crippen molar-refractivity contribution in [2.75, 3.05) is 7.11 Å². The van der Waals surface area contributed by atoms with Crippen LogP contribution in [-0.4, -0.2) is 67.4 Å². The number of benzene rings is 13. The minimum Gasteiger partial charge on any atom is -0.497 e. The van der Waals surface area contributed by atoms with Gasteiger partial charge in [0.15, 0.2) is 44.8 Å². The lowest BCUT2D eigenvalue weighted by atomic mass is 9.69. The average Bonchev–Trinajstić information content (AvgIpc) is 1.50. The Kier molecular flexibility index (Phi) is 22.9. The quantitative estimate of drug-likeness (QED) is 0.0532. The summed E-state index contributed by atoms with van der Waals surface area (Å²) in [5, 5.41) is 52.6. The van der Waals surface area contributed by atoms with Gasteiger partial charge in [-0.1, -0.05) is 296 Å². The summed E-state index contributed by atoms with van der Waals surface area (Å²) in [4.78, 5) is 87.5. The van der Waals surface area contributed by atoms with E-state index in [9.17, 15) is 39.6 Å². The molecule has 5 aliphatic carbocycles. The molecule has 0 bridgehead atoms. The van der Waals surface area contributed by atoms with Crippen LogP contribution < -0.4 is 45.9 Å². The van der Waals surface area contributed by atoms with Gasteiger partial charge in [0.05, 0.1) is 75.8 Å². The van der Waals surface area contributed by atoms with Crippen LogP contribution in [0.15, 0.2) is 315 Å². The molecule has 22 heteroatoms. The number of aromatic amines is 4. The molecule has 1 fully saturated rings. The van der Waals surface area contributed by atoms with Crippen LogP contribution in [0.1, 0.15) is 260 Å². The Bertz CT molecular complexity index is 8520. The van der Waals surface area contributed by atoms with E-state index in [-0.39, 0.29) is 34.1 Å². The van der Waals surface area contributed by atoms with Crippen molar-refractivity contribution in [3.8, 4) is 40.1 Å². The van der Waals surface area contributed by atoms with Crippen molar-refractivity contribution < 1.29 is 44.1 Å². The van der Waals surface area contributed by atoms with Crippen LogP contribution in [0.3, 0.4) is 0 Å². The second kappa shape index (κ2) is 35.2. The fraction of sp³-hybridized carbons (Fsp3) is 0.254. The fourth-order valence-electron chi connectivity index (χ4n) is 25.8. The smallest absolute Gasteiger partial charge is 0.255 e. The number of aryl methyl sites for hydroxylation is 12. The van der Waals surface area contributed by atoms with Gasteiger partial charge in [-0.05, 0) is 204 Å². The summed E-state index contributed by atoms with van der Waals surface area (Å²) < 4.78 is 34.3. The lowest BCUT2D eigenvalue weighted by molar-refractivity contribution is -0.0907. The monoisotopic (exact) mass is 2020 g/mol. The van der Waals surface area contributed by atoms with Crippen LogP contribution in [-0.2, 0) is 51.2 Å². The highest BCUT2D eigenvalue weighted by atomic mass is 79.9. The standard InChI is InChI=1S/C34H27BrN2O3.C31H28N2O4.C31H30N2O3.C30H28N2O3/c1-19-9-13-24(14-10-19)34-29(22-7-5-4-6-8-22)27-30(33(34,39)28-21(3)17-20(2)18-26(28)40-34)36-31(37-32(27)38)23-11-15-25(35)16-12-23;1-17-15-18(2)25-23(16-17)37-31(21-11-13-22(36-3)14-12-21)26(19-7-5-4-6-8-19)24-27(30(25,31)35)32-28(20-9-10-20)33-29(24)34;1-17(2)28-32-27-24(29(34)33-28)26(21-9-7-6-8-10-21)31(22-13-11-18(3)12-14-22)30(27,35)25-20(5)15-19(4)16-23(25)36-31;1-5-23-31-27-24(28(33)32-23)26(20-9-7-6-8-10-20)30(21-13-11-17(2)12-14-21)29(27,34)25-19(4)15-18(3)16-22(25)35-30/h4-18,29,39H,1-3H3,(H,36,37,38);4-8,11-16,20,26,35H,9-10H2,1-3H3,(H,32,33,34);6-17,26,35H,1-5H3,(H,32,33,34);6-16,26,34H,5H2,1-4H3,(H,31,32,33)/t29-,33+,34+;2*26-,30+,31+;26-,29+,30+/m1111/s1. The molecule has 4 aliphatic heterocycles. The van der Waals surface area contributed by atoms with Crippen molar-refractivity contribution in [1.82, 2.24) is 39.9 Å². The maximum absolute atomic E-state index is 14.1. The van der Waals surface area contributed by atoms with E-state index in [1.165, 1.54) is 0 Å². The SMILES string of the molecule is CCc1nc2c(c(=O)[nH]1)[C@@H](c1ccccc1)[C@]1(c3ccc(C)cc3)Oc3cc(C)cc(C)c3[C@]21O.COc1ccc([C@@]23Oc4cc(C)cc(C)c4[C@]2(O)c2nc(C4CC4)[nH]c(=O)c2[C@H]3c2ccccc2)cc1.Cc1ccc([C@@]23Oc4cc(C)cc(C)c4[C@]2(O)c2nc(-c4ccc(Br)cc4)[nH]c(=O)c2[C@H]3c2ccccc2)cc1.Cc1ccc([C@@]23Oc4cc(C)cc(C)c4[C@]2(O)c2nc(C(C)C)[nH]c(=O)c2[C@H]3c2ccccc2)cc1. The maximum atomic E-state index is 14.1. The normalized spacial score (nSPS) is 23.8. The van der Waals surface area contributed by atoms with Gasteiger partial charge in [0.25, 0.3) is 22.2 Å². The van der Waals surface area contributed by atoms with Gasteiger partial charge >= 0.3 is 0 Å². The molecule has 0 unspecified atom stereocenters. The predicted octanol–water partition coefficient (Wildman–Crippen LogP) is 22.2. The number of hydrogen-bond acceptors (Lipinski definition) is 17. The van der Waals surface area contributed by atoms with Gasteiger partial charge in [0, 0.05) is 72.8 Å². The Morgan fingerprint density at radius 2 is 0.649 bits per heavy atom. The molecule has 0 spiro atoms. The van der Waals surface area contributed by atoms with Gasteiger partial charge in [-0.25, -0.2) is 19.9 Å². The molecule has 1 saturated carbocycles. The average molecular weight is 2030 g/mol. The number of rotatable bonds is 13. The number of H-pyrrole nitrogens is 4. The largest absolute Gasteiger partial charge is 0.497 e. The minimum atomic E-state index is -1.73. The number of aliphatic hydroxyl groups is 4. The Labute approximate surface area is 865 Å². The molecule has 148 heavy (non-hydrogen) atoms. The van der Waals surface area contributed by atoms with Crippen molar-refractivity contribution in [3.05, 3.63) is 528 Å². The second-order valence-electron chi connectivity index (χ2n) is 41.9. The van der Waals surface area contributed by atoms with E-state index in [0.29, 0.717) is 126 Å². The molecule has 26 rings (SSSR count). The van der Waals surface area contributed by atoms with Crippen LogP contribution >= 0.6 is 15.9 Å². The molecule has 8 N–H and O–H groups in total. The lowest BCUT2D eigenvalue weighted by Crippen LogP contribution is -2.49. The summed E-state index contributed by atoms with van der Waals surface area (Å²) in [6.07, 6.45) is 2.52. The first-order valence-corrected chi connectivity index (χ1v) is 51.4. The van der Waals surface area contributed by atoms with Gasteiger partial charge in [-0.2, -0.15) is 0 Å². The van der Waals surface area contributed by atoms with Gasteiger partial charge < -0.3 is 64.0 Å². The Morgan fingerprint density at radius 3 is 0.966 bits per heavy atom. The summed E-state index contributed by atoms with van der Waals surface area (Å²) in [5.41, 5.74) is 11.5. The Morgan fingerprint density at radius 1 is 0.351 bits per heavy atom. The maximum Gasteiger partial charge on any atom is 0.255 e. The van der Waals surface area contributed by atoms with Crippen LogP contribution in [0.25, 0.3) is 11.4 Å². The van der Waals surface area contributed by atoms with E-state index in [1.807, 2.05) is 370 Å². The van der Waals surface area contributed by atoms with Crippen molar-refractivity contribution in [2.45, 2.75) is 197 Å². The molecule has 8 heterocycles. The minimum absolute atomic E-state index is 0.0166. The molecular formula is C126H113BrN8O13. The van der Waals surface area contributed by atoms with Gasteiger partial charge in [-0.15, -0.1) is 0 Å². The molecule has 0 saturated heterocycles. The zero-order valence-corrected chi connectivity index (χ0v) is 86.5. The first kappa shape index (κ1) is 96.2. The van der Waals surface area contributed by atoms with Crippen molar-refractivity contribution in [2.24, 2.45) is 0 Å². The van der Waals surface area contributed by atoms with E-state index in [2.05, 4.69) is 54.1 Å². The zero-order chi connectivity index (χ0) is 103. The summed E-state index contributed by atoms with van der Waals surface area (Å²) >= 11 is 3.48. The summed E-state index contributed by atoms with van der Waals surface area (Å²) in [6.45, 7) is 28.0. The van der Waals surface area contributed by atoms with E-state index < -0.39 is 68.5 Å². The van der Waals surface area contributed by atoms with Crippen LogP contribution in [0, 0.1) is 76.2 Å². The van der Waals surface area contributed by atoms with Crippen molar-refractivity contribution >= 4 is 15.9 Å². The number of hydrogen-bond donors (Lipinski definition) is 8. The molecule has 17 aromatic rings. The van der Waals surface area contributed by atoms with Gasteiger partial charge in [-0.3, -0.25) is 19.2 Å². The van der Waals surface area contributed by atoms with E-state index in [4.69, 9.17) is 43.6 Å². The fourth-order valence-corrected chi connectivity index (χ4v) is 26.0. The summed E-state index contributed by atoms with van der Waals surface area (Å²) in [7, 11) is 1.62. The first-order valence-electron chi connectivity index (χ1n) is 50.6. The number of aromatic nitrogens is 8. The van der Waals surface area contributed by atoms with Crippen molar-refractivity contribution in [1.29, 1.82) is 0 Å². The van der Waals surface area contributed by atoms with E-state index >= 15 is 0 Å². The number of methoxy groups -OCH3 is 1. The number of halogens is 1. The molecule has 9 aliphatic rings. The van der Waals surface area contributed by atoms with Gasteiger partial charge in [0.2, 0.25) is 0 Å². The topological polar surface area (TPSA) is 310 Å². The molecule has 21 nitrogen and oxygen atoms in total. The third-order valence-electron chi connectivity index (χ3n) is 32.0. The second-order valence-corrected chi connectivity index (χ2v) is 42.8. The molecule has 0 amide bonds. The van der Waals surface area contributed by atoms with Crippen LogP contribution in [0.5, 0.6) is 28.7 Å². The number of nitrogens with one attached hydrogen (secondary N) is 4. The summed E-state index contributed by atoms with van der Waals surface area (Å²) in [5.74, 6) is 3.18. The third-order valence-corrected chi connectivity index (χ3v) is 32.5. The van der Waals surface area contributed by atoms with Crippen molar-refractivity contribution in [3.63, 3.8) is 0 Å². The van der Waals surface area contributed by atoms with Crippen LogP contribution in [0.4, 0.5) is 0 Å². The Balaban J connectivity index is 0.000000109. The molecule has 13 aromatic carbocycles. The number of nitrogens with zero attached hydrogens (tertiary/aromatic N) is 4. The molecular weight excluding hydrogens is 1910 g/mol. The molecule has 12 atom stereocenters. The van der Waals surface area contributed by atoms with Crippen LogP contribution in [0.2, 0.25) is 0 Å². The molecule has 4 aromatic heterocycles. The highest BCUT2D eigenvalue weighted by Crippen LogP contribution is 2.74. The van der Waals surface area contributed by atoms with E-state index in [0.717, 1.165) is 129 Å². The molecule has 742 valence electrons. The highest BCUT2D eigenvalue weighted by molar-refractivity contribution is 9.10. The van der Waals surface area contributed by atoms with Gasteiger partial charge in [0.1, 0.15) is 52.0 Å². The Hall–Kier alpha value is -15.3. The number of fused-ring (bicyclic) bond motifs is 20. The first-order chi connectivity index (χ1) is 71.1. The molecule has 0 radical (unpaired) electrons. The summed E-state index contributed by atoms with van der Waals surface area (Å²) in [6, 6.07) is 94.8. The highest BCUT2D eigenvalue weighted by Gasteiger charge is 2.78. The predicted molar refractivity (Wildman–Crippen MR) is 573 cm³/mol. The third kappa shape index (κ3) is 13.9. The zero-order valence-electron chi connectivity index (χ0n) is 84.9.